The minimum Gasteiger partial charge on any atom is -0.241 e. The van der Waals surface area contributed by atoms with Crippen molar-refractivity contribution >= 4 is 5.52 Å². The van der Waals surface area contributed by atoms with E-state index in [-0.39, 0.29) is 5.41 Å². The zero-order valence-corrected chi connectivity index (χ0v) is 8.86. The Kier molecular flexibility index (Phi) is 2.02. The lowest BCUT2D eigenvalue weighted by atomic mass is 9.92. The molecule has 0 radical (unpaired) electrons. The zero-order valence-electron chi connectivity index (χ0n) is 8.86. The van der Waals surface area contributed by atoms with E-state index in [0.717, 1.165) is 17.8 Å². The highest BCUT2D eigenvalue weighted by Gasteiger charge is 2.14. The molecule has 2 rings (SSSR count). The molecule has 3 heteroatoms. The molecule has 3 nitrogen and oxygen atoms in total. The molecule has 0 bridgehead atoms. The second-order valence-electron chi connectivity index (χ2n) is 4.77. The summed E-state index contributed by atoms with van der Waals surface area (Å²) in [6.45, 7) is 6.62. The van der Waals surface area contributed by atoms with Gasteiger partial charge in [-0.2, -0.15) is 5.10 Å². The summed E-state index contributed by atoms with van der Waals surface area (Å²) in [6.07, 6.45) is 4.59. The van der Waals surface area contributed by atoms with E-state index in [4.69, 9.17) is 0 Å². The van der Waals surface area contributed by atoms with Crippen molar-refractivity contribution in [3.05, 3.63) is 30.4 Å². The maximum absolute atomic E-state index is 4.36. The molecule has 0 aliphatic heterocycles. The Hall–Kier alpha value is -1.38. The number of hydrogen-bond donors (Lipinski definition) is 0. The first-order valence-electron chi connectivity index (χ1n) is 4.84. The van der Waals surface area contributed by atoms with E-state index < -0.39 is 0 Å². The molecule has 2 heterocycles. The lowest BCUT2D eigenvalue weighted by Gasteiger charge is -2.17. The molecular formula is C11H15N3. The van der Waals surface area contributed by atoms with Crippen molar-refractivity contribution in [2.75, 3.05) is 0 Å². The van der Waals surface area contributed by atoms with Crippen LogP contribution in [0.5, 0.6) is 0 Å². The van der Waals surface area contributed by atoms with Gasteiger partial charge in [0.25, 0.3) is 0 Å². The average molecular weight is 189 g/mol. The van der Waals surface area contributed by atoms with E-state index in [1.165, 1.54) is 0 Å². The van der Waals surface area contributed by atoms with Crippen LogP contribution >= 0.6 is 0 Å². The number of nitrogens with zero attached hydrogens (tertiary/aromatic N) is 3. The van der Waals surface area contributed by atoms with Crippen LogP contribution < -0.4 is 0 Å². The molecule has 0 saturated carbocycles. The largest absolute Gasteiger partial charge is 0.241 e. The fourth-order valence-electron chi connectivity index (χ4n) is 1.50. The van der Waals surface area contributed by atoms with Crippen molar-refractivity contribution in [2.45, 2.75) is 27.2 Å². The molecule has 14 heavy (non-hydrogen) atoms. The lowest BCUT2D eigenvalue weighted by Crippen LogP contribution is -2.14. The van der Waals surface area contributed by atoms with Crippen molar-refractivity contribution < 1.29 is 0 Å². The molecule has 0 aromatic carbocycles. The summed E-state index contributed by atoms with van der Waals surface area (Å²) in [5.41, 5.74) is 1.35. The first-order chi connectivity index (χ1) is 6.56. The Morgan fingerprint density at radius 3 is 2.64 bits per heavy atom. The molecule has 2 aromatic rings. The van der Waals surface area contributed by atoms with Gasteiger partial charge in [-0.1, -0.05) is 20.8 Å². The summed E-state index contributed by atoms with van der Waals surface area (Å²) < 4.78 is 1.91. The van der Waals surface area contributed by atoms with Gasteiger partial charge in [-0.3, -0.25) is 0 Å². The van der Waals surface area contributed by atoms with E-state index in [2.05, 4.69) is 30.9 Å². The first kappa shape index (κ1) is 9.19. The smallest absolute Gasteiger partial charge is 0.130 e. The molecule has 0 aliphatic rings. The third-order valence-electron chi connectivity index (χ3n) is 2.07. The highest BCUT2D eigenvalue weighted by molar-refractivity contribution is 5.44. The van der Waals surface area contributed by atoms with Gasteiger partial charge in [-0.05, 0) is 17.5 Å². The van der Waals surface area contributed by atoms with Crippen LogP contribution in [0.2, 0.25) is 0 Å². The van der Waals surface area contributed by atoms with Gasteiger partial charge in [0, 0.05) is 12.6 Å². The van der Waals surface area contributed by atoms with Crippen LogP contribution in [0.1, 0.15) is 26.6 Å². The van der Waals surface area contributed by atoms with E-state index in [1.807, 2.05) is 29.0 Å². The third kappa shape index (κ3) is 1.76. The van der Waals surface area contributed by atoms with Crippen LogP contribution in [0.15, 0.2) is 24.5 Å². The summed E-state index contributed by atoms with van der Waals surface area (Å²) in [5, 5.41) is 4.26. The normalized spacial score (nSPS) is 12.2. The molecule has 0 spiro atoms. The monoisotopic (exact) mass is 189 g/mol. The number of rotatable bonds is 1. The predicted molar refractivity (Wildman–Crippen MR) is 56.1 cm³/mol. The van der Waals surface area contributed by atoms with Crippen molar-refractivity contribution in [3.8, 4) is 0 Å². The van der Waals surface area contributed by atoms with Gasteiger partial charge in [0.2, 0.25) is 0 Å². The molecule has 0 unspecified atom stereocenters. The molecule has 0 fully saturated rings. The van der Waals surface area contributed by atoms with Crippen LogP contribution in [0.4, 0.5) is 0 Å². The number of aromatic nitrogens is 3. The van der Waals surface area contributed by atoms with Gasteiger partial charge >= 0.3 is 0 Å². The van der Waals surface area contributed by atoms with Gasteiger partial charge in [0.05, 0.1) is 11.7 Å². The quantitative estimate of drug-likeness (QED) is 0.689. The van der Waals surface area contributed by atoms with Crippen LogP contribution in [-0.4, -0.2) is 14.6 Å². The second-order valence-corrected chi connectivity index (χ2v) is 4.77. The van der Waals surface area contributed by atoms with Gasteiger partial charge in [-0.15, -0.1) is 0 Å². The Morgan fingerprint density at radius 2 is 1.93 bits per heavy atom. The Balaban J connectivity index is 2.46. The molecular weight excluding hydrogens is 174 g/mol. The standard InChI is InChI=1S/C11H15N3/c1-11(2,3)8-10-12-6-4-9-5-7-13-14(9)10/h4-7H,8H2,1-3H3. The van der Waals surface area contributed by atoms with E-state index >= 15 is 0 Å². The average Bonchev–Trinajstić information content (AvgIpc) is 2.49. The summed E-state index contributed by atoms with van der Waals surface area (Å²) in [4.78, 5) is 4.36. The SMILES string of the molecule is CC(C)(C)Cc1nccc2ccnn12. The van der Waals surface area contributed by atoms with E-state index in [0.29, 0.717) is 0 Å². The highest BCUT2D eigenvalue weighted by atomic mass is 15.2. The summed E-state index contributed by atoms with van der Waals surface area (Å²) in [6, 6.07) is 3.97. The Bertz CT molecular complexity index is 437. The van der Waals surface area contributed by atoms with Crippen molar-refractivity contribution in [1.29, 1.82) is 0 Å². The molecule has 0 atom stereocenters. The first-order valence-corrected chi connectivity index (χ1v) is 4.84. The van der Waals surface area contributed by atoms with Crippen molar-refractivity contribution in [3.63, 3.8) is 0 Å². The van der Waals surface area contributed by atoms with Crippen molar-refractivity contribution in [1.82, 2.24) is 14.6 Å². The van der Waals surface area contributed by atoms with Crippen LogP contribution in [0.25, 0.3) is 5.52 Å². The van der Waals surface area contributed by atoms with Crippen LogP contribution in [-0.2, 0) is 6.42 Å². The van der Waals surface area contributed by atoms with Crippen LogP contribution in [0, 0.1) is 5.41 Å². The molecule has 0 saturated heterocycles. The molecule has 0 aliphatic carbocycles. The fraction of sp³-hybridized carbons (Fsp3) is 0.455. The number of hydrogen-bond acceptors (Lipinski definition) is 2. The fourth-order valence-corrected chi connectivity index (χ4v) is 1.50. The maximum Gasteiger partial charge on any atom is 0.130 e. The zero-order chi connectivity index (χ0) is 10.2. The number of fused-ring (bicyclic) bond motifs is 1. The molecule has 74 valence electrons. The Morgan fingerprint density at radius 1 is 1.21 bits per heavy atom. The summed E-state index contributed by atoms with van der Waals surface area (Å²) in [5.74, 6) is 1.03. The summed E-state index contributed by atoms with van der Waals surface area (Å²) in [7, 11) is 0. The van der Waals surface area contributed by atoms with Gasteiger partial charge in [-0.25, -0.2) is 9.50 Å². The predicted octanol–water partition coefficient (Wildman–Crippen LogP) is 2.32. The maximum atomic E-state index is 4.36. The second kappa shape index (κ2) is 3.08. The van der Waals surface area contributed by atoms with Crippen LogP contribution in [0.3, 0.4) is 0 Å². The third-order valence-corrected chi connectivity index (χ3v) is 2.07. The summed E-state index contributed by atoms with van der Waals surface area (Å²) >= 11 is 0. The Labute approximate surface area is 83.8 Å². The molecule has 2 aromatic heterocycles. The molecule has 0 amide bonds. The minimum atomic E-state index is 0.243. The lowest BCUT2D eigenvalue weighted by molar-refractivity contribution is 0.396. The molecule has 0 N–H and O–H groups in total. The highest BCUT2D eigenvalue weighted by Crippen LogP contribution is 2.19. The van der Waals surface area contributed by atoms with Gasteiger partial charge in [0.1, 0.15) is 5.82 Å². The minimum absolute atomic E-state index is 0.243. The van der Waals surface area contributed by atoms with Gasteiger partial charge < -0.3 is 0 Å². The van der Waals surface area contributed by atoms with Crippen molar-refractivity contribution in [2.24, 2.45) is 5.41 Å². The van der Waals surface area contributed by atoms with E-state index in [9.17, 15) is 0 Å². The van der Waals surface area contributed by atoms with E-state index in [1.54, 1.807) is 0 Å². The van der Waals surface area contributed by atoms with Gasteiger partial charge in [0.15, 0.2) is 0 Å². The topological polar surface area (TPSA) is 30.2 Å².